The first-order valence-electron chi connectivity index (χ1n) is 6.64. The number of anilines is 1. The van der Waals surface area contributed by atoms with Crippen molar-refractivity contribution in [1.29, 1.82) is 0 Å². The lowest BCUT2D eigenvalue weighted by atomic mass is 9.92. The van der Waals surface area contributed by atoms with Crippen molar-refractivity contribution in [3.05, 3.63) is 65.2 Å². The molecule has 2 aromatic rings. The molecule has 1 amide bonds. The van der Waals surface area contributed by atoms with Gasteiger partial charge in [-0.25, -0.2) is 0 Å². The van der Waals surface area contributed by atoms with Crippen LogP contribution in [-0.4, -0.2) is 5.91 Å². The molecule has 0 aliphatic rings. The average molecular weight is 268 g/mol. The molecule has 3 N–H and O–H groups in total. The van der Waals surface area contributed by atoms with Gasteiger partial charge >= 0.3 is 0 Å². The molecule has 0 aliphatic carbocycles. The van der Waals surface area contributed by atoms with E-state index < -0.39 is 5.54 Å². The highest BCUT2D eigenvalue weighted by Crippen LogP contribution is 2.22. The van der Waals surface area contributed by atoms with Gasteiger partial charge in [-0.3, -0.25) is 4.79 Å². The minimum Gasteiger partial charge on any atom is -0.324 e. The molecule has 2 aromatic carbocycles. The Kier molecular flexibility index (Phi) is 3.91. The number of nitrogens with two attached hydrogens (primary N) is 1. The van der Waals surface area contributed by atoms with Crippen LogP contribution in [0.15, 0.2) is 48.5 Å². The number of nitrogens with one attached hydrogen (secondary N) is 1. The first-order valence-corrected chi connectivity index (χ1v) is 6.64. The molecule has 0 fully saturated rings. The lowest BCUT2D eigenvalue weighted by molar-refractivity contribution is -0.120. The van der Waals surface area contributed by atoms with Crippen molar-refractivity contribution in [1.82, 2.24) is 0 Å². The predicted octanol–water partition coefficient (Wildman–Crippen LogP) is 3.12. The molecular formula is C17H20N2O. The smallest absolute Gasteiger partial charge is 0.248 e. The maximum atomic E-state index is 12.4. The summed E-state index contributed by atoms with van der Waals surface area (Å²) in [6.45, 7) is 5.72. The van der Waals surface area contributed by atoms with E-state index in [1.54, 1.807) is 6.92 Å². The Bertz CT molecular complexity index is 618. The fourth-order valence-electron chi connectivity index (χ4n) is 2.12. The fourth-order valence-corrected chi connectivity index (χ4v) is 2.12. The van der Waals surface area contributed by atoms with Gasteiger partial charge < -0.3 is 11.1 Å². The average Bonchev–Trinajstić information content (AvgIpc) is 2.42. The van der Waals surface area contributed by atoms with E-state index in [1.807, 2.05) is 62.4 Å². The van der Waals surface area contributed by atoms with Crippen molar-refractivity contribution in [2.24, 2.45) is 5.73 Å². The number of hydrogen-bond acceptors (Lipinski definition) is 2. The van der Waals surface area contributed by atoms with Crippen molar-refractivity contribution in [3.63, 3.8) is 0 Å². The van der Waals surface area contributed by atoms with Crippen LogP contribution in [0, 0.1) is 13.8 Å². The molecule has 0 saturated heterocycles. The second kappa shape index (κ2) is 5.47. The van der Waals surface area contributed by atoms with Gasteiger partial charge in [0.05, 0.1) is 0 Å². The highest BCUT2D eigenvalue weighted by atomic mass is 16.2. The summed E-state index contributed by atoms with van der Waals surface area (Å²) in [5.74, 6) is -0.212. The quantitative estimate of drug-likeness (QED) is 0.898. The van der Waals surface area contributed by atoms with Gasteiger partial charge in [0.25, 0.3) is 0 Å². The summed E-state index contributed by atoms with van der Waals surface area (Å²) in [6, 6.07) is 15.3. The Labute approximate surface area is 119 Å². The molecule has 1 atom stereocenters. The molecule has 3 nitrogen and oxygen atoms in total. The fraction of sp³-hybridized carbons (Fsp3) is 0.235. The molecule has 20 heavy (non-hydrogen) atoms. The highest BCUT2D eigenvalue weighted by molar-refractivity contribution is 5.98. The van der Waals surface area contributed by atoms with Gasteiger partial charge in [0.15, 0.2) is 0 Å². The van der Waals surface area contributed by atoms with Gasteiger partial charge in [0, 0.05) is 5.69 Å². The van der Waals surface area contributed by atoms with E-state index in [0.717, 1.165) is 16.8 Å². The normalized spacial score (nSPS) is 13.6. The molecule has 0 spiro atoms. The number of aryl methyl sites for hydroxylation is 2. The van der Waals surface area contributed by atoms with Crippen LogP contribution in [0.1, 0.15) is 23.6 Å². The van der Waals surface area contributed by atoms with Crippen LogP contribution < -0.4 is 11.1 Å². The molecule has 0 radical (unpaired) electrons. The minimum atomic E-state index is -1.06. The molecule has 0 aromatic heterocycles. The molecular weight excluding hydrogens is 248 g/mol. The van der Waals surface area contributed by atoms with Crippen molar-refractivity contribution < 1.29 is 4.79 Å². The Hall–Kier alpha value is -2.13. The van der Waals surface area contributed by atoms with E-state index >= 15 is 0 Å². The summed E-state index contributed by atoms with van der Waals surface area (Å²) >= 11 is 0. The molecule has 0 bridgehead atoms. The molecule has 1 unspecified atom stereocenters. The van der Waals surface area contributed by atoms with Crippen LogP contribution in [-0.2, 0) is 10.3 Å². The van der Waals surface area contributed by atoms with E-state index in [0.29, 0.717) is 0 Å². The van der Waals surface area contributed by atoms with Gasteiger partial charge in [0.1, 0.15) is 5.54 Å². The van der Waals surface area contributed by atoms with Crippen molar-refractivity contribution >= 4 is 11.6 Å². The van der Waals surface area contributed by atoms with E-state index in [1.165, 1.54) is 5.56 Å². The van der Waals surface area contributed by atoms with Crippen LogP contribution in [0.3, 0.4) is 0 Å². The Balaban J connectivity index is 2.23. The number of carbonyl (C=O) groups excluding carboxylic acids is 1. The second-order valence-electron chi connectivity index (χ2n) is 5.34. The number of rotatable bonds is 3. The highest BCUT2D eigenvalue weighted by Gasteiger charge is 2.30. The maximum absolute atomic E-state index is 12.4. The third kappa shape index (κ3) is 2.89. The van der Waals surface area contributed by atoms with E-state index in [9.17, 15) is 4.79 Å². The van der Waals surface area contributed by atoms with Crippen molar-refractivity contribution in [3.8, 4) is 0 Å². The van der Waals surface area contributed by atoms with Crippen LogP contribution in [0.2, 0.25) is 0 Å². The lowest BCUT2D eigenvalue weighted by Gasteiger charge is -2.24. The van der Waals surface area contributed by atoms with Crippen LogP contribution in [0.5, 0.6) is 0 Å². The summed E-state index contributed by atoms with van der Waals surface area (Å²) in [4.78, 5) is 12.4. The molecule has 0 heterocycles. The molecule has 2 rings (SSSR count). The van der Waals surface area contributed by atoms with Crippen LogP contribution in [0.4, 0.5) is 5.69 Å². The summed E-state index contributed by atoms with van der Waals surface area (Å²) in [5, 5.41) is 2.91. The first kappa shape index (κ1) is 14.3. The molecule has 3 heteroatoms. The number of hydrogen-bond donors (Lipinski definition) is 2. The van der Waals surface area contributed by atoms with Gasteiger partial charge in [-0.2, -0.15) is 0 Å². The zero-order valence-electron chi connectivity index (χ0n) is 12.1. The summed E-state index contributed by atoms with van der Waals surface area (Å²) in [6.07, 6.45) is 0. The van der Waals surface area contributed by atoms with Crippen molar-refractivity contribution in [2.45, 2.75) is 26.3 Å². The third-order valence-corrected chi connectivity index (χ3v) is 3.48. The Morgan fingerprint density at radius 1 is 1.10 bits per heavy atom. The Morgan fingerprint density at radius 2 is 1.75 bits per heavy atom. The standard InChI is InChI=1S/C17H20N2O/c1-12-9-10-15(13(2)11-12)19-16(20)17(3,18)14-7-5-4-6-8-14/h4-11H,18H2,1-3H3,(H,19,20). The third-order valence-electron chi connectivity index (χ3n) is 3.48. The largest absolute Gasteiger partial charge is 0.324 e. The van der Waals surface area contributed by atoms with Gasteiger partial charge in [0.2, 0.25) is 5.91 Å². The lowest BCUT2D eigenvalue weighted by Crippen LogP contribution is -2.45. The van der Waals surface area contributed by atoms with E-state index in [4.69, 9.17) is 5.73 Å². The van der Waals surface area contributed by atoms with E-state index in [-0.39, 0.29) is 5.91 Å². The monoisotopic (exact) mass is 268 g/mol. The topological polar surface area (TPSA) is 55.1 Å². The van der Waals surface area contributed by atoms with Gasteiger partial charge in [-0.05, 0) is 38.0 Å². The van der Waals surface area contributed by atoms with Crippen LogP contribution >= 0.6 is 0 Å². The first-order chi connectivity index (χ1) is 9.41. The molecule has 0 aliphatic heterocycles. The van der Waals surface area contributed by atoms with E-state index in [2.05, 4.69) is 5.32 Å². The second-order valence-corrected chi connectivity index (χ2v) is 5.34. The van der Waals surface area contributed by atoms with Crippen LogP contribution in [0.25, 0.3) is 0 Å². The number of carbonyl (C=O) groups is 1. The van der Waals surface area contributed by atoms with Gasteiger partial charge in [-0.15, -0.1) is 0 Å². The molecule has 0 saturated carbocycles. The predicted molar refractivity (Wildman–Crippen MR) is 82.5 cm³/mol. The van der Waals surface area contributed by atoms with Crippen molar-refractivity contribution in [2.75, 3.05) is 5.32 Å². The Morgan fingerprint density at radius 3 is 2.35 bits per heavy atom. The van der Waals surface area contributed by atoms with Gasteiger partial charge in [-0.1, -0.05) is 48.0 Å². The zero-order chi connectivity index (χ0) is 14.8. The number of amides is 1. The minimum absolute atomic E-state index is 0.212. The maximum Gasteiger partial charge on any atom is 0.248 e. The SMILES string of the molecule is Cc1ccc(NC(=O)C(C)(N)c2ccccc2)c(C)c1. The zero-order valence-corrected chi connectivity index (χ0v) is 12.1. The summed E-state index contributed by atoms with van der Waals surface area (Å²) in [5.41, 5.74) is 8.93. The summed E-state index contributed by atoms with van der Waals surface area (Å²) < 4.78 is 0. The number of benzene rings is 2. The molecule has 104 valence electrons. The summed E-state index contributed by atoms with van der Waals surface area (Å²) in [7, 11) is 0.